The van der Waals surface area contributed by atoms with E-state index in [-0.39, 0.29) is 18.0 Å². The van der Waals surface area contributed by atoms with E-state index >= 15 is 0 Å². The topological polar surface area (TPSA) is 107 Å². The maximum Gasteiger partial charge on any atom is 0.308 e. The van der Waals surface area contributed by atoms with Crippen LogP contribution in [0.4, 0.5) is 5.69 Å². The molecule has 2 amide bonds. The predicted octanol–water partition coefficient (Wildman–Crippen LogP) is 2.32. The lowest BCUT2D eigenvalue weighted by molar-refractivity contribution is -0.384. The molecular weight excluding hydrogens is 328 g/mol. The number of nitrogens with zero attached hydrogens (tertiary/aromatic N) is 2. The summed E-state index contributed by atoms with van der Waals surface area (Å²) in [5.41, 5.74) is 0.643. The van der Waals surface area contributed by atoms with Crippen LogP contribution >= 0.6 is 0 Å². The highest BCUT2D eigenvalue weighted by Crippen LogP contribution is 2.30. The van der Waals surface area contributed by atoms with Crippen LogP contribution in [0.3, 0.4) is 0 Å². The molecule has 1 aliphatic rings. The fourth-order valence-electron chi connectivity index (χ4n) is 2.59. The van der Waals surface area contributed by atoms with Crippen LogP contribution in [0.1, 0.15) is 33.2 Å². The van der Waals surface area contributed by atoms with Gasteiger partial charge < -0.3 is 4.74 Å². The molecule has 0 unspecified atom stereocenters. The highest BCUT2D eigenvalue weighted by atomic mass is 16.6. The van der Waals surface area contributed by atoms with E-state index in [9.17, 15) is 24.5 Å². The number of esters is 1. The van der Waals surface area contributed by atoms with Crippen LogP contribution in [0.15, 0.2) is 42.5 Å². The summed E-state index contributed by atoms with van der Waals surface area (Å²) in [6, 6.07) is 10.1. The van der Waals surface area contributed by atoms with E-state index in [4.69, 9.17) is 4.74 Å². The molecule has 0 fully saturated rings. The maximum absolute atomic E-state index is 12.4. The van der Waals surface area contributed by atoms with E-state index in [1.807, 2.05) is 0 Å². The second-order valence-corrected chi connectivity index (χ2v) is 5.38. The SMILES string of the molecule is CC(=O)Oc1cc([N+](=O)[O-])ccc1CN1C(=O)c2ccccc2C1=O. The van der Waals surface area contributed by atoms with Crippen molar-refractivity contribution in [2.24, 2.45) is 0 Å². The van der Waals surface area contributed by atoms with Gasteiger partial charge in [0.1, 0.15) is 5.75 Å². The zero-order valence-electron chi connectivity index (χ0n) is 13.1. The van der Waals surface area contributed by atoms with Gasteiger partial charge >= 0.3 is 5.97 Å². The third-order valence-corrected chi connectivity index (χ3v) is 3.72. The van der Waals surface area contributed by atoms with E-state index < -0.39 is 22.7 Å². The minimum absolute atomic E-state index is 0.0572. The van der Waals surface area contributed by atoms with E-state index in [2.05, 4.69) is 0 Å². The Balaban J connectivity index is 1.96. The number of carbonyl (C=O) groups is 3. The van der Waals surface area contributed by atoms with Crippen molar-refractivity contribution in [1.29, 1.82) is 0 Å². The Labute approximate surface area is 141 Å². The number of amides is 2. The largest absolute Gasteiger partial charge is 0.426 e. The number of imide groups is 1. The molecule has 126 valence electrons. The molecule has 0 N–H and O–H groups in total. The molecule has 0 aliphatic carbocycles. The normalized spacial score (nSPS) is 12.9. The summed E-state index contributed by atoms with van der Waals surface area (Å²) < 4.78 is 5.00. The molecule has 0 spiro atoms. The second kappa shape index (κ2) is 6.16. The summed E-state index contributed by atoms with van der Waals surface area (Å²) in [5, 5.41) is 10.9. The zero-order chi connectivity index (χ0) is 18.1. The molecule has 1 heterocycles. The van der Waals surface area contributed by atoms with E-state index in [0.29, 0.717) is 16.7 Å². The first kappa shape index (κ1) is 16.3. The summed E-state index contributed by atoms with van der Waals surface area (Å²) in [5.74, 6) is -1.65. The van der Waals surface area contributed by atoms with Crippen LogP contribution in [-0.2, 0) is 11.3 Å². The molecule has 0 bridgehead atoms. The fraction of sp³-hybridized carbons (Fsp3) is 0.118. The van der Waals surface area contributed by atoms with Gasteiger partial charge in [0.25, 0.3) is 17.5 Å². The standard InChI is InChI=1S/C17H12N2O6/c1-10(20)25-15-8-12(19(23)24)7-6-11(15)9-18-16(21)13-4-2-3-5-14(13)17(18)22/h2-8H,9H2,1H3. The maximum atomic E-state index is 12.4. The van der Waals surface area contributed by atoms with Gasteiger partial charge in [-0.3, -0.25) is 29.4 Å². The number of nitro groups is 1. The van der Waals surface area contributed by atoms with Crippen molar-refractivity contribution in [2.45, 2.75) is 13.5 Å². The van der Waals surface area contributed by atoms with Gasteiger partial charge in [0, 0.05) is 18.6 Å². The van der Waals surface area contributed by atoms with Crippen molar-refractivity contribution in [2.75, 3.05) is 0 Å². The van der Waals surface area contributed by atoms with Gasteiger partial charge in [-0.15, -0.1) is 0 Å². The van der Waals surface area contributed by atoms with Crippen LogP contribution in [-0.4, -0.2) is 27.6 Å². The summed E-state index contributed by atoms with van der Waals surface area (Å²) >= 11 is 0. The monoisotopic (exact) mass is 340 g/mol. The van der Waals surface area contributed by atoms with Crippen molar-refractivity contribution < 1.29 is 24.0 Å². The van der Waals surface area contributed by atoms with E-state index in [1.54, 1.807) is 24.3 Å². The number of fused-ring (bicyclic) bond motifs is 1. The van der Waals surface area contributed by atoms with Crippen molar-refractivity contribution >= 4 is 23.5 Å². The number of rotatable bonds is 4. The number of hydrogen-bond donors (Lipinski definition) is 0. The molecule has 8 heteroatoms. The predicted molar refractivity (Wildman–Crippen MR) is 85.1 cm³/mol. The fourth-order valence-corrected chi connectivity index (χ4v) is 2.59. The highest BCUT2D eigenvalue weighted by molar-refractivity contribution is 6.21. The Morgan fingerprint density at radius 3 is 2.24 bits per heavy atom. The molecule has 0 radical (unpaired) electrons. The average molecular weight is 340 g/mol. The van der Waals surface area contributed by atoms with Gasteiger partial charge in [-0.2, -0.15) is 0 Å². The number of carbonyl (C=O) groups excluding carboxylic acids is 3. The van der Waals surface area contributed by atoms with Crippen LogP contribution in [0.2, 0.25) is 0 Å². The van der Waals surface area contributed by atoms with Crippen molar-refractivity contribution in [3.05, 3.63) is 69.3 Å². The van der Waals surface area contributed by atoms with E-state index in [0.717, 1.165) is 17.9 Å². The Bertz CT molecular complexity index is 886. The minimum Gasteiger partial charge on any atom is -0.426 e. The summed E-state index contributed by atoms with van der Waals surface area (Å²) in [4.78, 5) is 47.4. The zero-order valence-corrected chi connectivity index (χ0v) is 13.1. The lowest BCUT2D eigenvalue weighted by Crippen LogP contribution is -2.29. The first-order chi connectivity index (χ1) is 11.9. The minimum atomic E-state index is -0.663. The second-order valence-electron chi connectivity index (χ2n) is 5.38. The molecule has 25 heavy (non-hydrogen) atoms. The summed E-state index contributed by atoms with van der Waals surface area (Å²) in [7, 11) is 0. The summed E-state index contributed by atoms with van der Waals surface area (Å²) in [6.45, 7) is 0.998. The van der Waals surface area contributed by atoms with E-state index in [1.165, 1.54) is 12.1 Å². The van der Waals surface area contributed by atoms with Crippen LogP contribution in [0, 0.1) is 10.1 Å². The molecule has 1 aliphatic heterocycles. The Kier molecular flexibility index (Phi) is 4.02. The molecule has 8 nitrogen and oxygen atoms in total. The molecule has 0 saturated carbocycles. The van der Waals surface area contributed by atoms with Crippen molar-refractivity contribution in [3.63, 3.8) is 0 Å². The third kappa shape index (κ3) is 2.97. The third-order valence-electron chi connectivity index (χ3n) is 3.72. The molecular formula is C17H12N2O6. The number of benzene rings is 2. The molecule has 0 atom stereocenters. The highest BCUT2D eigenvalue weighted by Gasteiger charge is 2.35. The Morgan fingerprint density at radius 1 is 1.12 bits per heavy atom. The molecule has 2 aromatic rings. The first-order valence-electron chi connectivity index (χ1n) is 7.29. The number of hydrogen-bond acceptors (Lipinski definition) is 6. The number of nitro benzene ring substituents is 1. The van der Waals surface area contributed by atoms with Gasteiger partial charge in [0.15, 0.2) is 0 Å². The van der Waals surface area contributed by atoms with Gasteiger partial charge in [-0.25, -0.2) is 0 Å². The first-order valence-corrected chi connectivity index (χ1v) is 7.29. The van der Waals surface area contributed by atoms with Crippen molar-refractivity contribution in [3.8, 4) is 5.75 Å². The van der Waals surface area contributed by atoms with Gasteiger partial charge in [-0.1, -0.05) is 12.1 Å². The quantitative estimate of drug-likeness (QED) is 0.278. The smallest absolute Gasteiger partial charge is 0.308 e. The van der Waals surface area contributed by atoms with Gasteiger partial charge in [0.05, 0.1) is 28.7 Å². The molecule has 0 saturated heterocycles. The van der Waals surface area contributed by atoms with Crippen LogP contribution in [0.5, 0.6) is 5.75 Å². The number of non-ortho nitro benzene ring substituents is 1. The molecule has 3 rings (SSSR count). The van der Waals surface area contributed by atoms with Crippen LogP contribution in [0.25, 0.3) is 0 Å². The Hall–Kier alpha value is -3.55. The van der Waals surface area contributed by atoms with Crippen LogP contribution < -0.4 is 4.74 Å². The van der Waals surface area contributed by atoms with Gasteiger partial charge in [0.2, 0.25) is 0 Å². The summed E-state index contributed by atoms with van der Waals surface area (Å²) in [6.07, 6.45) is 0. The van der Waals surface area contributed by atoms with Crippen molar-refractivity contribution in [1.82, 2.24) is 4.90 Å². The molecule has 2 aromatic carbocycles. The lowest BCUT2D eigenvalue weighted by atomic mass is 10.1. The lowest BCUT2D eigenvalue weighted by Gasteiger charge is -2.16. The van der Waals surface area contributed by atoms with Gasteiger partial charge in [-0.05, 0) is 18.2 Å². The number of ether oxygens (including phenoxy) is 1. The Morgan fingerprint density at radius 2 is 1.72 bits per heavy atom. The molecule has 0 aromatic heterocycles. The average Bonchev–Trinajstić information content (AvgIpc) is 2.81.